The Hall–Kier alpha value is -2.27. The highest BCUT2D eigenvalue weighted by atomic mass is 79.9. The maximum absolute atomic E-state index is 14.2. The smallest absolute Gasteiger partial charge is 0.200 e. The SMILES string of the molecule is Fc1c(F)c(F)c(-c2cc(Br)cc(-c3c(F)c(F)c(F)c(F)c3F)c2Cl)c(F)c1F. The van der Waals surface area contributed by atoms with Crippen LogP contribution in [0.2, 0.25) is 5.02 Å². The molecule has 30 heavy (non-hydrogen) atoms. The fourth-order valence-electron chi connectivity index (χ4n) is 2.64. The molecule has 0 radical (unpaired) electrons. The summed E-state index contributed by atoms with van der Waals surface area (Å²) in [5, 5.41) is -1.04. The minimum atomic E-state index is -2.47. The molecular weight excluding hydrogens is 522 g/mol. The number of hydrogen-bond donors (Lipinski definition) is 0. The number of hydrogen-bond acceptors (Lipinski definition) is 0. The average molecular weight is 524 g/mol. The molecule has 0 aliphatic heterocycles. The molecular formula is C18H2BrClF10. The van der Waals surface area contributed by atoms with Crippen LogP contribution >= 0.6 is 27.5 Å². The standard InChI is InChI=1S/C18H2BrClF10/c19-3-1-4(6-9(21)13(25)17(29)14(26)10(6)22)8(20)5(2-3)7-11(23)15(27)18(30)16(28)12(7)24/h1-2H. The summed E-state index contributed by atoms with van der Waals surface area (Å²) in [7, 11) is 0. The summed E-state index contributed by atoms with van der Waals surface area (Å²) in [4.78, 5) is 0. The lowest BCUT2D eigenvalue weighted by Crippen LogP contribution is -2.06. The third kappa shape index (κ3) is 3.24. The molecule has 3 aromatic carbocycles. The van der Waals surface area contributed by atoms with Gasteiger partial charge in [-0.15, -0.1) is 0 Å². The molecule has 0 N–H and O–H groups in total. The van der Waals surface area contributed by atoms with E-state index in [0.29, 0.717) is 0 Å². The Balaban J connectivity index is 2.46. The first-order valence-corrected chi connectivity index (χ1v) is 8.59. The molecule has 0 nitrogen and oxygen atoms in total. The van der Waals surface area contributed by atoms with Crippen LogP contribution in [0.5, 0.6) is 0 Å². The Labute approximate surface area is 173 Å². The zero-order valence-corrected chi connectivity index (χ0v) is 16.0. The molecule has 0 amide bonds. The highest BCUT2D eigenvalue weighted by molar-refractivity contribution is 9.10. The first-order valence-electron chi connectivity index (χ1n) is 7.42. The quantitative estimate of drug-likeness (QED) is 0.182. The molecule has 0 saturated heterocycles. The Kier molecular flexibility index (Phi) is 5.80. The van der Waals surface area contributed by atoms with Crippen molar-refractivity contribution in [2.45, 2.75) is 0 Å². The largest absolute Gasteiger partial charge is 0.203 e. The van der Waals surface area contributed by atoms with E-state index in [-0.39, 0.29) is 4.47 Å². The molecule has 0 heterocycles. The normalized spacial score (nSPS) is 11.3. The maximum atomic E-state index is 14.2. The Morgan fingerprint density at radius 1 is 0.467 bits per heavy atom. The van der Waals surface area contributed by atoms with Gasteiger partial charge in [-0.1, -0.05) is 27.5 Å². The van der Waals surface area contributed by atoms with E-state index in [1.54, 1.807) is 0 Å². The molecule has 12 heteroatoms. The van der Waals surface area contributed by atoms with E-state index >= 15 is 0 Å². The highest BCUT2D eigenvalue weighted by Gasteiger charge is 2.31. The third-order valence-electron chi connectivity index (χ3n) is 4.00. The fraction of sp³-hybridized carbons (Fsp3) is 0. The van der Waals surface area contributed by atoms with Gasteiger partial charge in [-0.25, -0.2) is 43.9 Å². The van der Waals surface area contributed by atoms with Gasteiger partial charge in [0.15, 0.2) is 46.5 Å². The van der Waals surface area contributed by atoms with Crippen LogP contribution in [0.15, 0.2) is 16.6 Å². The van der Waals surface area contributed by atoms with Crippen molar-refractivity contribution in [2.75, 3.05) is 0 Å². The van der Waals surface area contributed by atoms with Crippen LogP contribution in [0, 0.1) is 58.2 Å². The summed E-state index contributed by atoms with van der Waals surface area (Å²) >= 11 is 8.63. The van der Waals surface area contributed by atoms with Crippen molar-refractivity contribution in [1.29, 1.82) is 0 Å². The van der Waals surface area contributed by atoms with Crippen LogP contribution in [0.3, 0.4) is 0 Å². The van der Waals surface area contributed by atoms with Gasteiger partial charge >= 0.3 is 0 Å². The minimum absolute atomic E-state index is 0.287. The van der Waals surface area contributed by atoms with Gasteiger partial charge < -0.3 is 0 Å². The van der Waals surface area contributed by atoms with Gasteiger partial charge in [0.25, 0.3) is 0 Å². The van der Waals surface area contributed by atoms with Crippen molar-refractivity contribution in [2.24, 2.45) is 0 Å². The lowest BCUT2D eigenvalue weighted by Gasteiger charge is -2.15. The first kappa shape index (κ1) is 22.4. The molecule has 0 atom stereocenters. The minimum Gasteiger partial charge on any atom is -0.203 e. The van der Waals surface area contributed by atoms with Gasteiger partial charge in [0, 0.05) is 15.6 Å². The molecule has 0 spiro atoms. The van der Waals surface area contributed by atoms with Crippen LogP contribution in [0.1, 0.15) is 0 Å². The summed E-state index contributed by atoms with van der Waals surface area (Å²) in [5.74, 6) is -23.6. The van der Waals surface area contributed by atoms with Crippen LogP contribution in [-0.2, 0) is 0 Å². The molecule has 0 unspecified atom stereocenters. The van der Waals surface area contributed by atoms with E-state index in [1.807, 2.05) is 0 Å². The highest BCUT2D eigenvalue weighted by Crippen LogP contribution is 2.44. The number of rotatable bonds is 2. The summed E-state index contributed by atoms with van der Waals surface area (Å²) < 4.78 is 137. The van der Waals surface area contributed by atoms with E-state index in [9.17, 15) is 43.9 Å². The number of halogens is 12. The van der Waals surface area contributed by atoms with Crippen molar-refractivity contribution in [1.82, 2.24) is 0 Å². The summed E-state index contributed by atoms with van der Waals surface area (Å²) in [6.07, 6.45) is 0. The van der Waals surface area contributed by atoms with Gasteiger partial charge in [-0.3, -0.25) is 0 Å². The van der Waals surface area contributed by atoms with E-state index in [2.05, 4.69) is 15.9 Å². The van der Waals surface area contributed by atoms with Gasteiger partial charge in [0.1, 0.15) is 0 Å². The Morgan fingerprint density at radius 2 is 0.700 bits per heavy atom. The summed E-state index contributed by atoms with van der Waals surface area (Å²) in [6, 6.07) is 1.46. The topological polar surface area (TPSA) is 0 Å². The molecule has 0 bridgehead atoms. The zero-order chi connectivity index (χ0) is 22.7. The monoisotopic (exact) mass is 522 g/mol. The average Bonchev–Trinajstić information content (AvgIpc) is 2.71. The van der Waals surface area contributed by atoms with Crippen molar-refractivity contribution < 1.29 is 43.9 Å². The van der Waals surface area contributed by atoms with Crippen molar-refractivity contribution in [3.8, 4) is 22.3 Å². The van der Waals surface area contributed by atoms with Crippen LogP contribution in [0.25, 0.3) is 22.3 Å². The van der Waals surface area contributed by atoms with Crippen LogP contribution < -0.4 is 0 Å². The van der Waals surface area contributed by atoms with Crippen LogP contribution in [-0.4, -0.2) is 0 Å². The fourth-order valence-corrected chi connectivity index (χ4v) is 3.39. The van der Waals surface area contributed by atoms with Crippen LogP contribution in [0.4, 0.5) is 43.9 Å². The predicted octanol–water partition coefficient (Wildman–Crippen LogP) is 7.83. The van der Waals surface area contributed by atoms with Crippen molar-refractivity contribution >= 4 is 27.5 Å². The Bertz CT molecular complexity index is 1080. The lowest BCUT2D eigenvalue weighted by molar-refractivity contribution is 0.381. The molecule has 0 saturated carbocycles. The van der Waals surface area contributed by atoms with E-state index < -0.39 is 85.4 Å². The second-order valence-electron chi connectivity index (χ2n) is 5.70. The first-order chi connectivity index (χ1) is 13.9. The molecule has 0 fully saturated rings. The molecule has 3 rings (SSSR count). The molecule has 0 aliphatic carbocycles. The molecule has 0 aliphatic rings. The maximum Gasteiger partial charge on any atom is 0.200 e. The van der Waals surface area contributed by atoms with Crippen molar-refractivity contribution in [3.63, 3.8) is 0 Å². The third-order valence-corrected chi connectivity index (χ3v) is 4.86. The number of benzene rings is 3. The van der Waals surface area contributed by atoms with E-state index in [1.165, 1.54) is 0 Å². The van der Waals surface area contributed by atoms with Gasteiger partial charge in [-0.2, -0.15) is 0 Å². The lowest BCUT2D eigenvalue weighted by atomic mass is 9.96. The van der Waals surface area contributed by atoms with E-state index in [4.69, 9.17) is 11.6 Å². The molecule has 158 valence electrons. The summed E-state index contributed by atoms with van der Waals surface area (Å²) in [5.41, 5.74) is -5.05. The van der Waals surface area contributed by atoms with Gasteiger partial charge in [0.05, 0.1) is 16.1 Å². The van der Waals surface area contributed by atoms with Gasteiger partial charge in [-0.05, 0) is 12.1 Å². The summed E-state index contributed by atoms with van der Waals surface area (Å²) in [6.45, 7) is 0. The predicted molar refractivity (Wildman–Crippen MR) is 89.6 cm³/mol. The molecule has 0 aromatic heterocycles. The molecule has 3 aromatic rings. The van der Waals surface area contributed by atoms with E-state index in [0.717, 1.165) is 12.1 Å². The second kappa shape index (κ2) is 7.77. The van der Waals surface area contributed by atoms with Gasteiger partial charge in [0.2, 0.25) is 11.6 Å². The second-order valence-corrected chi connectivity index (χ2v) is 7.00. The van der Waals surface area contributed by atoms with Crippen molar-refractivity contribution in [3.05, 3.63) is 79.8 Å². The Morgan fingerprint density at radius 3 is 0.967 bits per heavy atom. The zero-order valence-electron chi connectivity index (χ0n) is 13.7.